The van der Waals surface area contributed by atoms with Crippen LogP contribution in [0.5, 0.6) is 0 Å². The van der Waals surface area contributed by atoms with Crippen LogP contribution in [0, 0.1) is 24.4 Å². The molecule has 4 aromatic rings. The van der Waals surface area contributed by atoms with Crippen LogP contribution in [-0.2, 0) is 0 Å². The van der Waals surface area contributed by atoms with Crippen molar-refractivity contribution >= 4 is 10.8 Å². The summed E-state index contributed by atoms with van der Waals surface area (Å²) in [4.78, 5) is 17.3. The molecule has 0 aliphatic heterocycles. The lowest BCUT2D eigenvalue weighted by Gasteiger charge is -2.10. The predicted molar refractivity (Wildman–Crippen MR) is 97.4 cm³/mol. The molecule has 2 aromatic carbocycles. The summed E-state index contributed by atoms with van der Waals surface area (Å²) in [5, 5.41) is 1.04. The molecule has 0 saturated heterocycles. The maximum absolute atomic E-state index is 13.5. The first-order valence-electron chi connectivity index (χ1n) is 8.18. The van der Waals surface area contributed by atoms with Gasteiger partial charge in [-0.05, 0) is 66.9 Å². The molecule has 0 aliphatic rings. The fourth-order valence-corrected chi connectivity index (χ4v) is 3.06. The molecule has 0 atom stereocenters. The minimum absolute atomic E-state index is 0.291. The van der Waals surface area contributed by atoms with Gasteiger partial charge in [0.1, 0.15) is 5.82 Å². The summed E-state index contributed by atoms with van der Waals surface area (Å²) < 4.78 is 41.2. The summed E-state index contributed by atoms with van der Waals surface area (Å²) in [6.07, 6.45) is 1.59. The molecule has 2 heterocycles. The lowest BCUT2D eigenvalue weighted by atomic mass is 10.1. The first-order valence-corrected chi connectivity index (χ1v) is 8.18. The van der Waals surface area contributed by atoms with Gasteiger partial charge in [0.25, 0.3) is 5.56 Å². The van der Waals surface area contributed by atoms with Gasteiger partial charge < -0.3 is 0 Å². The molecular formula is C21H13F3N2O. The largest absolute Gasteiger partial charge is 0.284 e. The Bertz CT molecular complexity index is 1230. The van der Waals surface area contributed by atoms with E-state index in [1.165, 1.54) is 34.9 Å². The van der Waals surface area contributed by atoms with Crippen LogP contribution in [0.3, 0.4) is 0 Å². The van der Waals surface area contributed by atoms with Crippen molar-refractivity contribution in [2.45, 2.75) is 6.92 Å². The second-order valence-electron chi connectivity index (χ2n) is 6.15. The lowest BCUT2D eigenvalue weighted by molar-refractivity contribution is 0.509. The number of halogens is 3. The number of benzene rings is 2. The summed E-state index contributed by atoms with van der Waals surface area (Å²) in [5.74, 6) is -2.28. The average Bonchev–Trinajstić information content (AvgIpc) is 2.65. The van der Waals surface area contributed by atoms with Crippen LogP contribution in [0.25, 0.3) is 27.7 Å². The number of nitrogens with zero attached hydrogens (tertiary/aromatic N) is 2. The molecule has 0 radical (unpaired) electrons. The van der Waals surface area contributed by atoms with Gasteiger partial charge in [-0.2, -0.15) is 0 Å². The van der Waals surface area contributed by atoms with Gasteiger partial charge in [-0.25, -0.2) is 13.2 Å². The highest BCUT2D eigenvalue weighted by Crippen LogP contribution is 2.24. The van der Waals surface area contributed by atoms with Crippen molar-refractivity contribution in [1.82, 2.24) is 9.55 Å². The molecule has 0 spiro atoms. The van der Waals surface area contributed by atoms with E-state index in [0.29, 0.717) is 33.4 Å². The van der Waals surface area contributed by atoms with Crippen molar-refractivity contribution in [3.63, 3.8) is 0 Å². The van der Waals surface area contributed by atoms with Crippen LogP contribution in [0.1, 0.15) is 5.69 Å². The third-order valence-corrected chi connectivity index (χ3v) is 4.39. The van der Waals surface area contributed by atoms with Gasteiger partial charge in [0.2, 0.25) is 0 Å². The van der Waals surface area contributed by atoms with Crippen molar-refractivity contribution < 1.29 is 13.2 Å². The van der Waals surface area contributed by atoms with E-state index in [9.17, 15) is 18.0 Å². The molecule has 0 amide bonds. The minimum Gasteiger partial charge on any atom is -0.284 e. The number of aromatic nitrogens is 2. The van der Waals surface area contributed by atoms with Crippen LogP contribution in [0.15, 0.2) is 65.6 Å². The van der Waals surface area contributed by atoms with E-state index in [2.05, 4.69) is 4.98 Å². The van der Waals surface area contributed by atoms with E-state index in [0.717, 1.165) is 12.1 Å². The van der Waals surface area contributed by atoms with Gasteiger partial charge in [0.15, 0.2) is 11.6 Å². The summed E-state index contributed by atoms with van der Waals surface area (Å²) in [6, 6.07) is 12.5. The zero-order valence-electron chi connectivity index (χ0n) is 14.2. The third-order valence-electron chi connectivity index (χ3n) is 4.39. The van der Waals surface area contributed by atoms with Gasteiger partial charge >= 0.3 is 0 Å². The second kappa shape index (κ2) is 6.39. The van der Waals surface area contributed by atoms with Gasteiger partial charge in [0, 0.05) is 17.4 Å². The smallest absolute Gasteiger partial charge is 0.264 e. The molecule has 3 nitrogen and oxygen atoms in total. The zero-order chi connectivity index (χ0) is 19.1. The Hall–Kier alpha value is -3.41. The Morgan fingerprint density at radius 1 is 0.889 bits per heavy atom. The SMILES string of the molecule is Cc1nc(-c2ccc(F)c(F)c2)cc2ccn(-c3ccc(F)cc3)c(=O)c12. The Morgan fingerprint density at radius 2 is 1.63 bits per heavy atom. The molecule has 134 valence electrons. The van der Waals surface area contributed by atoms with E-state index >= 15 is 0 Å². The van der Waals surface area contributed by atoms with Crippen molar-refractivity contribution in [3.8, 4) is 16.9 Å². The number of hydrogen-bond donors (Lipinski definition) is 0. The predicted octanol–water partition coefficient (Wildman–Crippen LogP) is 4.78. The van der Waals surface area contributed by atoms with E-state index in [1.54, 1.807) is 25.3 Å². The molecular weight excluding hydrogens is 353 g/mol. The number of aryl methyl sites for hydroxylation is 1. The van der Waals surface area contributed by atoms with E-state index in [4.69, 9.17) is 0 Å². The number of fused-ring (bicyclic) bond motifs is 1. The molecule has 0 bridgehead atoms. The van der Waals surface area contributed by atoms with Crippen molar-refractivity contribution in [1.29, 1.82) is 0 Å². The summed E-state index contributed by atoms with van der Waals surface area (Å²) in [5.41, 5.74) is 1.57. The number of pyridine rings is 2. The Labute approximate surface area is 152 Å². The Balaban J connectivity index is 1.89. The number of rotatable bonds is 2. The molecule has 0 N–H and O–H groups in total. The molecule has 0 unspecified atom stereocenters. The summed E-state index contributed by atoms with van der Waals surface area (Å²) >= 11 is 0. The fraction of sp³-hybridized carbons (Fsp3) is 0.0476. The zero-order valence-corrected chi connectivity index (χ0v) is 14.2. The standard InChI is InChI=1S/C21H13F3N2O/c1-12-20-14(11-19(25-12)13-2-7-17(23)18(24)10-13)8-9-26(21(20)27)16-5-3-15(22)4-6-16/h2-11H,1H3. The maximum atomic E-state index is 13.5. The van der Waals surface area contributed by atoms with Crippen LogP contribution in [0.2, 0.25) is 0 Å². The minimum atomic E-state index is -0.959. The Kier molecular flexibility index (Phi) is 4.03. The van der Waals surface area contributed by atoms with E-state index in [-0.39, 0.29) is 11.4 Å². The van der Waals surface area contributed by atoms with Gasteiger partial charge in [-0.15, -0.1) is 0 Å². The molecule has 2 aromatic heterocycles. The molecule has 27 heavy (non-hydrogen) atoms. The average molecular weight is 366 g/mol. The topological polar surface area (TPSA) is 34.9 Å². The fourth-order valence-electron chi connectivity index (χ4n) is 3.06. The Morgan fingerprint density at radius 3 is 2.33 bits per heavy atom. The van der Waals surface area contributed by atoms with Gasteiger partial charge in [-0.3, -0.25) is 14.3 Å². The van der Waals surface area contributed by atoms with E-state index < -0.39 is 11.6 Å². The van der Waals surface area contributed by atoms with E-state index in [1.807, 2.05) is 0 Å². The highest BCUT2D eigenvalue weighted by atomic mass is 19.2. The van der Waals surface area contributed by atoms with Crippen molar-refractivity contribution in [2.75, 3.05) is 0 Å². The first-order chi connectivity index (χ1) is 12.9. The maximum Gasteiger partial charge on any atom is 0.264 e. The molecule has 0 aliphatic carbocycles. The normalized spacial score (nSPS) is 11.1. The van der Waals surface area contributed by atoms with Crippen LogP contribution < -0.4 is 5.56 Å². The second-order valence-corrected chi connectivity index (χ2v) is 6.15. The van der Waals surface area contributed by atoms with Crippen molar-refractivity contribution in [3.05, 3.63) is 94.3 Å². The first kappa shape index (κ1) is 17.0. The molecule has 0 fully saturated rings. The third kappa shape index (κ3) is 2.99. The van der Waals surface area contributed by atoms with Crippen LogP contribution >= 0.6 is 0 Å². The van der Waals surface area contributed by atoms with Crippen LogP contribution in [-0.4, -0.2) is 9.55 Å². The lowest BCUT2D eigenvalue weighted by Crippen LogP contribution is -2.18. The van der Waals surface area contributed by atoms with Gasteiger partial charge in [-0.1, -0.05) is 0 Å². The summed E-state index contributed by atoms with van der Waals surface area (Å²) in [6.45, 7) is 1.68. The van der Waals surface area contributed by atoms with Crippen LogP contribution in [0.4, 0.5) is 13.2 Å². The monoisotopic (exact) mass is 366 g/mol. The number of hydrogen-bond acceptors (Lipinski definition) is 2. The molecule has 6 heteroatoms. The highest BCUT2D eigenvalue weighted by Gasteiger charge is 2.12. The van der Waals surface area contributed by atoms with Gasteiger partial charge in [0.05, 0.1) is 16.8 Å². The summed E-state index contributed by atoms with van der Waals surface area (Å²) in [7, 11) is 0. The molecule has 0 saturated carbocycles. The highest BCUT2D eigenvalue weighted by molar-refractivity contribution is 5.87. The molecule has 4 rings (SSSR count). The van der Waals surface area contributed by atoms with Crippen molar-refractivity contribution in [2.24, 2.45) is 0 Å². The quantitative estimate of drug-likeness (QED) is 0.512.